The molecule has 1 aliphatic heterocycles. The van der Waals surface area contributed by atoms with Crippen molar-refractivity contribution < 1.29 is 19.1 Å². The number of hydrogen-bond donors (Lipinski definition) is 1. The van der Waals surface area contributed by atoms with Gasteiger partial charge in [-0.05, 0) is 44.4 Å². The standard InChI is InChI=1S/C20H25N3O4/c1-3-27-20(25)16-12-21-17-8-7-14(26-2)11-15(17)19(16)22-13-18(24)23-9-5-4-6-10-23/h7-8,11-12H,3-6,9-10,13H2,1-2H3,(H,21,22). The van der Waals surface area contributed by atoms with Crippen molar-refractivity contribution in [3.05, 3.63) is 30.0 Å². The Morgan fingerprint density at radius 2 is 2.00 bits per heavy atom. The van der Waals surface area contributed by atoms with Crippen molar-refractivity contribution in [2.24, 2.45) is 0 Å². The second-order valence-electron chi connectivity index (χ2n) is 6.45. The molecule has 144 valence electrons. The van der Waals surface area contributed by atoms with Crippen molar-refractivity contribution in [3.63, 3.8) is 0 Å². The van der Waals surface area contributed by atoms with E-state index in [1.54, 1.807) is 20.1 Å². The second kappa shape index (κ2) is 8.70. The predicted molar refractivity (Wildman–Crippen MR) is 103 cm³/mol. The number of carbonyl (C=O) groups excluding carboxylic acids is 2. The highest BCUT2D eigenvalue weighted by Gasteiger charge is 2.20. The molecule has 0 radical (unpaired) electrons. The van der Waals surface area contributed by atoms with Crippen LogP contribution in [0.2, 0.25) is 0 Å². The van der Waals surface area contributed by atoms with Crippen molar-refractivity contribution >= 4 is 28.5 Å². The highest BCUT2D eigenvalue weighted by atomic mass is 16.5. The summed E-state index contributed by atoms with van der Waals surface area (Å²) in [6, 6.07) is 5.43. The van der Waals surface area contributed by atoms with E-state index in [0.29, 0.717) is 27.9 Å². The van der Waals surface area contributed by atoms with E-state index in [0.717, 1.165) is 25.9 Å². The van der Waals surface area contributed by atoms with Crippen molar-refractivity contribution in [2.45, 2.75) is 26.2 Å². The molecule has 1 amide bonds. The molecule has 0 atom stereocenters. The van der Waals surface area contributed by atoms with E-state index < -0.39 is 5.97 Å². The Bertz CT molecular complexity index is 831. The van der Waals surface area contributed by atoms with Gasteiger partial charge in [0.1, 0.15) is 11.3 Å². The molecule has 1 aliphatic rings. The molecule has 1 fully saturated rings. The lowest BCUT2D eigenvalue weighted by Gasteiger charge is -2.27. The fourth-order valence-electron chi connectivity index (χ4n) is 3.27. The number of amides is 1. The van der Waals surface area contributed by atoms with Crippen LogP contribution in [0.4, 0.5) is 5.69 Å². The summed E-state index contributed by atoms with van der Waals surface area (Å²) in [5.41, 5.74) is 1.56. The minimum Gasteiger partial charge on any atom is -0.497 e. The third-order valence-corrected chi connectivity index (χ3v) is 4.70. The average Bonchev–Trinajstić information content (AvgIpc) is 2.71. The van der Waals surface area contributed by atoms with Gasteiger partial charge in [0, 0.05) is 24.7 Å². The number of methoxy groups -OCH3 is 1. The van der Waals surface area contributed by atoms with Gasteiger partial charge in [-0.25, -0.2) is 4.79 Å². The Balaban J connectivity index is 1.92. The molecule has 7 heteroatoms. The van der Waals surface area contributed by atoms with E-state index in [-0.39, 0.29) is 19.1 Å². The van der Waals surface area contributed by atoms with Gasteiger partial charge >= 0.3 is 5.97 Å². The first-order valence-corrected chi connectivity index (χ1v) is 9.29. The molecule has 2 aromatic rings. The SMILES string of the molecule is CCOC(=O)c1cnc2ccc(OC)cc2c1NCC(=O)N1CCCCC1. The number of esters is 1. The maximum atomic E-state index is 12.5. The number of benzene rings is 1. The monoisotopic (exact) mass is 371 g/mol. The maximum Gasteiger partial charge on any atom is 0.341 e. The number of nitrogens with one attached hydrogen (secondary N) is 1. The molecular formula is C20H25N3O4. The lowest BCUT2D eigenvalue weighted by molar-refractivity contribution is -0.130. The quantitative estimate of drug-likeness (QED) is 0.787. The molecule has 7 nitrogen and oxygen atoms in total. The number of nitrogens with zero attached hydrogens (tertiary/aromatic N) is 2. The van der Waals surface area contributed by atoms with Crippen LogP contribution in [0.3, 0.4) is 0 Å². The van der Waals surface area contributed by atoms with Gasteiger partial charge in [-0.3, -0.25) is 9.78 Å². The summed E-state index contributed by atoms with van der Waals surface area (Å²) in [5.74, 6) is 0.204. The van der Waals surface area contributed by atoms with E-state index in [1.807, 2.05) is 17.0 Å². The summed E-state index contributed by atoms with van der Waals surface area (Å²) in [6.07, 6.45) is 4.73. The molecule has 0 aliphatic carbocycles. The van der Waals surface area contributed by atoms with Crippen LogP contribution in [0.25, 0.3) is 10.9 Å². The van der Waals surface area contributed by atoms with Crippen LogP contribution in [0, 0.1) is 0 Å². The number of piperidine rings is 1. The number of rotatable bonds is 6. The topological polar surface area (TPSA) is 80.8 Å². The molecule has 1 aromatic heterocycles. The molecule has 1 N–H and O–H groups in total. The van der Waals surface area contributed by atoms with Crippen molar-refractivity contribution in [3.8, 4) is 5.75 Å². The fourth-order valence-corrected chi connectivity index (χ4v) is 3.27. The average molecular weight is 371 g/mol. The van der Waals surface area contributed by atoms with Gasteiger partial charge in [0.15, 0.2) is 0 Å². The van der Waals surface area contributed by atoms with Gasteiger partial charge in [-0.15, -0.1) is 0 Å². The molecule has 3 rings (SSSR count). The molecule has 0 spiro atoms. The van der Waals surface area contributed by atoms with Crippen LogP contribution in [0.15, 0.2) is 24.4 Å². The van der Waals surface area contributed by atoms with Gasteiger partial charge in [0.25, 0.3) is 0 Å². The molecule has 2 heterocycles. The molecule has 0 saturated carbocycles. The summed E-state index contributed by atoms with van der Waals surface area (Å²) < 4.78 is 10.5. The molecule has 1 saturated heterocycles. The number of likely N-dealkylation sites (tertiary alicyclic amines) is 1. The lowest BCUT2D eigenvalue weighted by Crippen LogP contribution is -2.39. The van der Waals surface area contributed by atoms with Crippen LogP contribution in [0.1, 0.15) is 36.5 Å². The number of aromatic nitrogens is 1. The van der Waals surface area contributed by atoms with Gasteiger partial charge in [-0.1, -0.05) is 0 Å². The fraction of sp³-hybridized carbons (Fsp3) is 0.450. The molecular weight excluding hydrogens is 346 g/mol. The summed E-state index contributed by atoms with van der Waals surface area (Å²) in [7, 11) is 1.58. The minimum absolute atomic E-state index is 0.0253. The van der Waals surface area contributed by atoms with E-state index >= 15 is 0 Å². The highest BCUT2D eigenvalue weighted by Crippen LogP contribution is 2.30. The normalized spacial score (nSPS) is 14.1. The summed E-state index contributed by atoms with van der Waals surface area (Å²) in [6.45, 7) is 3.71. The minimum atomic E-state index is -0.470. The number of anilines is 1. The van der Waals surface area contributed by atoms with Gasteiger partial charge in [0.05, 0.1) is 31.5 Å². The zero-order valence-electron chi connectivity index (χ0n) is 15.8. The van der Waals surface area contributed by atoms with Crippen LogP contribution in [0.5, 0.6) is 5.75 Å². The van der Waals surface area contributed by atoms with E-state index in [4.69, 9.17) is 9.47 Å². The van der Waals surface area contributed by atoms with Crippen LogP contribution in [-0.4, -0.2) is 55.1 Å². The van der Waals surface area contributed by atoms with E-state index in [9.17, 15) is 9.59 Å². The summed E-state index contributed by atoms with van der Waals surface area (Å²) in [5, 5.41) is 3.87. The number of carbonyl (C=O) groups is 2. The van der Waals surface area contributed by atoms with Crippen molar-refractivity contribution in [1.82, 2.24) is 9.88 Å². The zero-order chi connectivity index (χ0) is 19.2. The number of fused-ring (bicyclic) bond motifs is 1. The Morgan fingerprint density at radius 1 is 1.22 bits per heavy atom. The van der Waals surface area contributed by atoms with E-state index in [2.05, 4.69) is 10.3 Å². The van der Waals surface area contributed by atoms with Crippen molar-refractivity contribution in [2.75, 3.05) is 38.7 Å². The number of hydrogen-bond acceptors (Lipinski definition) is 6. The Hall–Kier alpha value is -2.83. The molecule has 0 unspecified atom stereocenters. The third kappa shape index (κ3) is 4.30. The van der Waals surface area contributed by atoms with Crippen LogP contribution < -0.4 is 10.1 Å². The smallest absolute Gasteiger partial charge is 0.341 e. The third-order valence-electron chi connectivity index (χ3n) is 4.70. The van der Waals surface area contributed by atoms with E-state index in [1.165, 1.54) is 12.6 Å². The van der Waals surface area contributed by atoms with Crippen molar-refractivity contribution in [1.29, 1.82) is 0 Å². The number of ether oxygens (including phenoxy) is 2. The lowest BCUT2D eigenvalue weighted by atomic mass is 10.1. The van der Waals surface area contributed by atoms with Crippen LogP contribution >= 0.6 is 0 Å². The van der Waals surface area contributed by atoms with Gasteiger partial charge in [0.2, 0.25) is 5.91 Å². The largest absolute Gasteiger partial charge is 0.497 e. The highest BCUT2D eigenvalue weighted by molar-refractivity contribution is 6.05. The number of pyridine rings is 1. The molecule has 1 aromatic carbocycles. The molecule has 27 heavy (non-hydrogen) atoms. The summed E-state index contributed by atoms with van der Waals surface area (Å²) in [4.78, 5) is 31.1. The first-order valence-electron chi connectivity index (χ1n) is 9.29. The maximum absolute atomic E-state index is 12.5. The predicted octanol–water partition coefficient (Wildman–Crippen LogP) is 2.84. The molecule has 0 bridgehead atoms. The van der Waals surface area contributed by atoms with Gasteiger partial charge in [-0.2, -0.15) is 0 Å². The first kappa shape index (κ1) is 18.9. The first-order chi connectivity index (χ1) is 13.1. The second-order valence-corrected chi connectivity index (χ2v) is 6.45. The Labute approximate surface area is 158 Å². The zero-order valence-corrected chi connectivity index (χ0v) is 15.8. The summed E-state index contributed by atoms with van der Waals surface area (Å²) >= 11 is 0. The van der Waals surface area contributed by atoms with Gasteiger partial charge < -0.3 is 19.7 Å². The Kier molecular flexibility index (Phi) is 6.11. The van der Waals surface area contributed by atoms with Crippen LogP contribution in [-0.2, 0) is 9.53 Å². The Morgan fingerprint density at radius 3 is 2.70 bits per heavy atom.